The highest BCUT2D eigenvalue weighted by molar-refractivity contribution is 5.95. The molecule has 40 heavy (non-hydrogen) atoms. The number of aryl methyl sites for hydroxylation is 1. The van der Waals surface area contributed by atoms with Crippen molar-refractivity contribution in [1.82, 2.24) is 24.7 Å². The largest absolute Gasteiger partial charge is 0.358 e. The molecule has 0 unspecified atom stereocenters. The van der Waals surface area contributed by atoms with Crippen LogP contribution in [0.3, 0.4) is 0 Å². The predicted octanol–water partition coefficient (Wildman–Crippen LogP) is 4.25. The van der Waals surface area contributed by atoms with Crippen molar-refractivity contribution in [2.45, 2.75) is 58.7 Å². The van der Waals surface area contributed by atoms with Gasteiger partial charge < -0.3 is 15.5 Å². The molecule has 3 aromatic rings. The second kappa shape index (κ2) is 12.4. The van der Waals surface area contributed by atoms with Crippen LogP contribution in [0.25, 0.3) is 5.69 Å². The van der Waals surface area contributed by atoms with Crippen LogP contribution in [0.4, 0.5) is 5.82 Å². The van der Waals surface area contributed by atoms with Crippen molar-refractivity contribution in [3.05, 3.63) is 88.0 Å². The average Bonchev–Trinajstić information content (AvgIpc) is 3.77. The molecule has 2 atom stereocenters. The van der Waals surface area contributed by atoms with E-state index in [2.05, 4.69) is 58.3 Å². The number of rotatable bonds is 10. The first-order chi connectivity index (χ1) is 19.3. The van der Waals surface area contributed by atoms with Crippen LogP contribution in [0.15, 0.2) is 65.7 Å². The van der Waals surface area contributed by atoms with Gasteiger partial charge >= 0.3 is 0 Å². The van der Waals surface area contributed by atoms with E-state index in [4.69, 9.17) is 0 Å². The van der Waals surface area contributed by atoms with Crippen LogP contribution in [-0.4, -0.2) is 70.1 Å². The fraction of sp³-hybridized carbons (Fsp3) is 0.469. The molecular weight excluding hydrogens is 500 g/mol. The van der Waals surface area contributed by atoms with Gasteiger partial charge in [0.25, 0.3) is 11.5 Å². The van der Waals surface area contributed by atoms with E-state index >= 15 is 0 Å². The topological polar surface area (TPSA) is 82.5 Å². The summed E-state index contributed by atoms with van der Waals surface area (Å²) in [5.41, 5.74) is 3.05. The number of hydrogen-bond donors (Lipinski definition) is 2. The number of aromatic nitrogens is 2. The lowest BCUT2D eigenvalue weighted by Gasteiger charge is -2.39. The molecule has 0 spiro atoms. The molecule has 2 aromatic carbocycles. The van der Waals surface area contributed by atoms with Gasteiger partial charge in [-0.1, -0.05) is 43.3 Å². The molecule has 2 fully saturated rings. The molecule has 1 aliphatic carbocycles. The van der Waals surface area contributed by atoms with Gasteiger partial charge in [-0.2, -0.15) is 0 Å². The summed E-state index contributed by atoms with van der Waals surface area (Å²) < 4.78 is 1.59. The average molecular weight is 543 g/mol. The summed E-state index contributed by atoms with van der Waals surface area (Å²) in [4.78, 5) is 36.0. The first-order valence-corrected chi connectivity index (χ1v) is 14.6. The van der Waals surface area contributed by atoms with Gasteiger partial charge in [-0.3, -0.25) is 19.1 Å². The van der Waals surface area contributed by atoms with E-state index in [1.807, 2.05) is 37.3 Å². The number of hydrogen-bond acceptors (Lipinski definition) is 6. The molecule has 1 saturated heterocycles. The number of anilines is 1. The normalized spacial score (nSPS) is 17.9. The van der Waals surface area contributed by atoms with Crippen LogP contribution in [0.5, 0.6) is 0 Å². The van der Waals surface area contributed by atoms with E-state index in [0.29, 0.717) is 23.1 Å². The summed E-state index contributed by atoms with van der Waals surface area (Å²) >= 11 is 0. The van der Waals surface area contributed by atoms with Crippen molar-refractivity contribution in [2.75, 3.05) is 38.0 Å². The van der Waals surface area contributed by atoms with Crippen molar-refractivity contribution in [3.8, 4) is 5.69 Å². The van der Waals surface area contributed by atoms with E-state index in [1.165, 1.54) is 0 Å². The Balaban J connectivity index is 1.38. The van der Waals surface area contributed by atoms with Gasteiger partial charge in [-0.15, -0.1) is 0 Å². The zero-order chi connectivity index (χ0) is 28.2. The molecular formula is C32H42N6O2. The number of carbonyl (C=O) groups excluding carboxylic acids is 1. The Hall–Kier alpha value is -3.49. The van der Waals surface area contributed by atoms with Gasteiger partial charge in [0.2, 0.25) is 0 Å². The van der Waals surface area contributed by atoms with E-state index in [-0.39, 0.29) is 29.5 Å². The van der Waals surface area contributed by atoms with E-state index in [0.717, 1.165) is 56.7 Å². The molecule has 1 saturated carbocycles. The Morgan fingerprint density at radius 1 is 1.02 bits per heavy atom. The molecule has 8 nitrogen and oxygen atoms in total. The van der Waals surface area contributed by atoms with Gasteiger partial charge in [0.15, 0.2) is 5.82 Å². The number of piperazine rings is 1. The third-order valence-corrected chi connectivity index (χ3v) is 8.19. The van der Waals surface area contributed by atoms with E-state index < -0.39 is 0 Å². The van der Waals surface area contributed by atoms with Crippen LogP contribution in [0, 0.1) is 12.8 Å². The van der Waals surface area contributed by atoms with Crippen LogP contribution in [0.1, 0.15) is 61.1 Å². The zero-order valence-electron chi connectivity index (χ0n) is 24.1. The molecule has 1 aliphatic heterocycles. The monoisotopic (exact) mass is 542 g/mol. The Bertz CT molecular complexity index is 1360. The second-order valence-corrected chi connectivity index (χ2v) is 11.6. The highest BCUT2D eigenvalue weighted by Gasteiger charge is 2.27. The van der Waals surface area contributed by atoms with Crippen molar-refractivity contribution in [2.24, 2.45) is 5.92 Å². The summed E-state index contributed by atoms with van der Waals surface area (Å²) in [6.45, 7) is 13.9. The number of nitrogens with zero attached hydrogens (tertiary/aromatic N) is 4. The first kappa shape index (κ1) is 28.1. The number of nitrogens with one attached hydrogen (secondary N) is 2. The summed E-state index contributed by atoms with van der Waals surface area (Å²) in [7, 11) is 0. The van der Waals surface area contributed by atoms with E-state index in [1.54, 1.807) is 23.0 Å². The fourth-order valence-corrected chi connectivity index (χ4v) is 5.54. The number of amides is 1. The molecule has 1 aromatic heterocycles. The summed E-state index contributed by atoms with van der Waals surface area (Å²) in [6.07, 6.45) is 5.38. The van der Waals surface area contributed by atoms with Crippen molar-refractivity contribution < 1.29 is 4.79 Å². The lowest BCUT2D eigenvalue weighted by molar-refractivity contribution is 0.0951. The van der Waals surface area contributed by atoms with Gasteiger partial charge in [-0.25, -0.2) is 4.98 Å². The number of carbonyl (C=O) groups is 1. The zero-order valence-corrected chi connectivity index (χ0v) is 24.1. The maximum absolute atomic E-state index is 13.8. The molecule has 5 rings (SSSR count). The minimum absolute atomic E-state index is 0.0860. The predicted molar refractivity (Wildman–Crippen MR) is 160 cm³/mol. The first-order valence-electron chi connectivity index (χ1n) is 14.6. The molecule has 8 heteroatoms. The van der Waals surface area contributed by atoms with Gasteiger partial charge in [0, 0.05) is 62.8 Å². The minimum Gasteiger partial charge on any atom is -0.358 e. The second-order valence-electron chi connectivity index (χ2n) is 11.6. The third kappa shape index (κ3) is 6.62. The summed E-state index contributed by atoms with van der Waals surface area (Å²) in [5.74, 6) is 0.440. The van der Waals surface area contributed by atoms with E-state index in [9.17, 15) is 9.59 Å². The van der Waals surface area contributed by atoms with Gasteiger partial charge in [0.1, 0.15) is 0 Å². The molecule has 1 amide bonds. The van der Waals surface area contributed by atoms with Crippen molar-refractivity contribution in [3.63, 3.8) is 0 Å². The summed E-state index contributed by atoms with van der Waals surface area (Å²) in [5, 5.41) is 6.56. The van der Waals surface area contributed by atoms with Crippen molar-refractivity contribution in [1.29, 1.82) is 0 Å². The highest BCUT2D eigenvalue weighted by atomic mass is 16.2. The van der Waals surface area contributed by atoms with Crippen LogP contribution < -0.4 is 16.2 Å². The third-order valence-electron chi connectivity index (χ3n) is 8.19. The van der Waals surface area contributed by atoms with Crippen LogP contribution >= 0.6 is 0 Å². The quantitative estimate of drug-likeness (QED) is 0.399. The molecule has 2 aliphatic rings. The Kier molecular flexibility index (Phi) is 8.66. The molecule has 212 valence electrons. The van der Waals surface area contributed by atoms with Crippen molar-refractivity contribution >= 4 is 11.7 Å². The molecule has 2 heterocycles. The number of benzene rings is 2. The standard InChI is InChI=1S/C32H42N6O2/c1-22(2)37-18-16-36(17-19-37)21-24(4)29(25-8-6-5-7-9-25)35-30-32(40)38(15-14-33-30)28-20-26(11-10-23(28)3)31(39)34-27-12-13-27/h5-11,14-15,20,22,24,27,29H,12-13,16-19,21H2,1-4H3,(H,33,35)(H,34,39)/t24-,29+/m0/s1. The summed E-state index contributed by atoms with van der Waals surface area (Å²) in [6, 6.07) is 16.6. The maximum Gasteiger partial charge on any atom is 0.297 e. The molecule has 0 bridgehead atoms. The lowest BCUT2D eigenvalue weighted by atomic mass is 9.93. The highest BCUT2D eigenvalue weighted by Crippen LogP contribution is 2.27. The smallest absolute Gasteiger partial charge is 0.297 e. The Morgan fingerprint density at radius 2 is 1.75 bits per heavy atom. The van der Waals surface area contributed by atoms with Crippen LogP contribution in [-0.2, 0) is 0 Å². The van der Waals surface area contributed by atoms with Gasteiger partial charge in [-0.05, 0) is 62.8 Å². The van der Waals surface area contributed by atoms with Gasteiger partial charge in [0.05, 0.1) is 11.7 Å². The Labute approximate surface area is 237 Å². The maximum atomic E-state index is 13.8. The molecule has 2 N–H and O–H groups in total. The molecule has 0 radical (unpaired) electrons. The minimum atomic E-state index is -0.232. The SMILES string of the molecule is Cc1ccc(C(=O)NC2CC2)cc1-n1ccnc(N[C@@H](c2ccccc2)[C@@H](C)CN2CCN(C(C)C)CC2)c1=O. The Morgan fingerprint density at radius 3 is 2.42 bits per heavy atom. The lowest BCUT2D eigenvalue weighted by Crippen LogP contribution is -2.50. The van der Waals surface area contributed by atoms with Crippen LogP contribution in [0.2, 0.25) is 0 Å². The fourth-order valence-electron chi connectivity index (χ4n) is 5.54.